The van der Waals surface area contributed by atoms with Crippen molar-refractivity contribution < 1.29 is 9.53 Å². The first-order chi connectivity index (χ1) is 15.0. The van der Waals surface area contributed by atoms with Gasteiger partial charge in [-0.05, 0) is 31.0 Å². The van der Waals surface area contributed by atoms with Crippen LogP contribution in [0.2, 0.25) is 0 Å². The summed E-state index contributed by atoms with van der Waals surface area (Å²) in [7, 11) is 1.63. The molecular formula is C25H26N4O2. The summed E-state index contributed by atoms with van der Waals surface area (Å²) in [6, 6.07) is 21.2. The van der Waals surface area contributed by atoms with Gasteiger partial charge in [-0.25, -0.2) is 9.50 Å². The van der Waals surface area contributed by atoms with Gasteiger partial charge in [0.2, 0.25) is 0 Å². The minimum absolute atomic E-state index is 0.0279. The van der Waals surface area contributed by atoms with Gasteiger partial charge in [0.25, 0.3) is 5.91 Å². The molecule has 0 radical (unpaired) electrons. The summed E-state index contributed by atoms with van der Waals surface area (Å²) in [5, 5.41) is 7.78. The van der Waals surface area contributed by atoms with Crippen LogP contribution in [0.1, 0.15) is 31.3 Å². The number of aromatic nitrogens is 3. The van der Waals surface area contributed by atoms with E-state index in [1.165, 1.54) is 0 Å². The zero-order valence-corrected chi connectivity index (χ0v) is 18.2. The fraction of sp³-hybridized carbons (Fsp3) is 0.240. The Morgan fingerprint density at radius 3 is 2.39 bits per heavy atom. The average Bonchev–Trinajstić information content (AvgIpc) is 3.23. The first-order valence-electron chi connectivity index (χ1n) is 10.4. The molecule has 2 heterocycles. The first-order valence-corrected chi connectivity index (χ1v) is 10.4. The van der Waals surface area contributed by atoms with Gasteiger partial charge < -0.3 is 10.1 Å². The van der Waals surface area contributed by atoms with Gasteiger partial charge >= 0.3 is 0 Å². The molecule has 0 saturated heterocycles. The summed E-state index contributed by atoms with van der Waals surface area (Å²) in [4.78, 5) is 18.0. The van der Waals surface area contributed by atoms with Crippen LogP contribution in [0.15, 0.2) is 66.7 Å². The number of nitrogens with zero attached hydrogens (tertiary/aromatic N) is 3. The number of fused-ring (bicyclic) bond motifs is 1. The molecule has 2 aromatic carbocycles. The predicted molar refractivity (Wildman–Crippen MR) is 122 cm³/mol. The van der Waals surface area contributed by atoms with Crippen molar-refractivity contribution >= 4 is 11.6 Å². The molecule has 1 unspecified atom stereocenters. The van der Waals surface area contributed by atoms with E-state index in [0.29, 0.717) is 23.0 Å². The number of carbonyl (C=O) groups excluding carboxylic acids is 1. The van der Waals surface area contributed by atoms with E-state index in [0.717, 1.165) is 22.6 Å². The molecule has 1 atom stereocenters. The summed E-state index contributed by atoms with van der Waals surface area (Å²) in [5.74, 6) is 0.870. The standard InChI is InChI=1S/C25H26N4O2/c1-16(2)17(3)26-25(30)23-14-21(19-11-8-12-20(13-19)31-4)27-24-15-22(28-29(23)24)18-9-6-5-7-10-18/h5-17H,1-4H3,(H,26,30). The van der Waals surface area contributed by atoms with Crippen LogP contribution in [0.4, 0.5) is 0 Å². The molecule has 0 saturated carbocycles. The molecule has 158 valence electrons. The number of nitrogens with one attached hydrogen (secondary N) is 1. The van der Waals surface area contributed by atoms with E-state index in [9.17, 15) is 4.79 Å². The Labute approximate surface area is 181 Å². The summed E-state index contributed by atoms with van der Waals surface area (Å²) >= 11 is 0. The number of hydrogen-bond acceptors (Lipinski definition) is 4. The van der Waals surface area contributed by atoms with E-state index >= 15 is 0 Å². The molecule has 0 fully saturated rings. The van der Waals surface area contributed by atoms with Crippen LogP contribution >= 0.6 is 0 Å². The smallest absolute Gasteiger partial charge is 0.270 e. The van der Waals surface area contributed by atoms with Crippen molar-refractivity contribution in [2.75, 3.05) is 7.11 Å². The van der Waals surface area contributed by atoms with Crippen LogP contribution in [-0.2, 0) is 0 Å². The zero-order chi connectivity index (χ0) is 22.0. The van der Waals surface area contributed by atoms with Crippen molar-refractivity contribution in [3.05, 3.63) is 72.4 Å². The van der Waals surface area contributed by atoms with Crippen LogP contribution in [0.3, 0.4) is 0 Å². The first kappa shape index (κ1) is 20.6. The Hall–Kier alpha value is -3.67. The second-order valence-electron chi connectivity index (χ2n) is 7.93. The van der Waals surface area contributed by atoms with Crippen molar-refractivity contribution in [3.8, 4) is 28.3 Å². The maximum Gasteiger partial charge on any atom is 0.270 e. The average molecular weight is 415 g/mol. The van der Waals surface area contributed by atoms with E-state index in [1.54, 1.807) is 17.7 Å². The van der Waals surface area contributed by atoms with Crippen LogP contribution in [0.25, 0.3) is 28.2 Å². The number of hydrogen-bond donors (Lipinski definition) is 1. The Kier molecular flexibility index (Phi) is 5.71. The van der Waals surface area contributed by atoms with Crippen LogP contribution in [-0.4, -0.2) is 33.7 Å². The largest absolute Gasteiger partial charge is 0.497 e. The highest BCUT2D eigenvalue weighted by molar-refractivity contribution is 5.94. The number of ether oxygens (including phenoxy) is 1. The van der Waals surface area contributed by atoms with E-state index in [2.05, 4.69) is 19.2 Å². The number of methoxy groups -OCH3 is 1. The van der Waals surface area contributed by atoms with Gasteiger partial charge in [0.1, 0.15) is 11.4 Å². The molecule has 6 heteroatoms. The molecule has 0 aliphatic rings. The van der Waals surface area contributed by atoms with Crippen molar-refractivity contribution in [1.29, 1.82) is 0 Å². The molecular weight excluding hydrogens is 388 g/mol. The normalized spacial score (nSPS) is 12.2. The molecule has 1 amide bonds. The fourth-order valence-corrected chi connectivity index (χ4v) is 3.26. The van der Waals surface area contributed by atoms with Crippen molar-refractivity contribution in [3.63, 3.8) is 0 Å². The van der Waals surface area contributed by atoms with Crippen molar-refractivity contribution in [2.45, 2.75) is 26.8 Å². The Morgan fingerprint density at radius 2 is 1.68 bits per heavy atom. The summed E-state index contributed by atoms with van der Waals surface area (Å²) in [5.41, 5.74) is 4.35. The van der Waals surface area contributed by atoms with Gasteiger partial charge in [0, 0.05) is 23.2 Å². The van der Waals surface area contributed by atoms with Crippen LogP contribution < -0.4 is 10.1 Å². The van der Waals surface area contributed by atoms with Crippen LogP contribution in [0.5, 0.6) is 5.75 Å². The van der Waals surface area contributed by atoms with E-state index < -0.39 is 0 Å². The lowest BCUT2D eigenvalue weighted by Crippen LogP contribution is -2.37. The minimum atomic E-state index is -0.180. The Balaban J connectivity index is 1.87. The molecule has 2 aromatic heterocycles. The Morgan fingerprint density at radius 1 is 0.935 bits per heavy atom. The van der Waals surface area contributed by atoms with Gasteiger partial charge in [-0.2, -0.15) is 5.10 Å². The molecule has 0 aliphatic carbocycles. The second kappa shape index (κ2) is 8.60. The summed E-state index contributed by atoms with van der Waals surface area (Å²) in [6.07, 6.45) is 0. The predicted octanol–water partition coefficient (Wildman–Crippen LogP) is 4.85. The zero-order valence-electron chi connectivity index (χ0n) is 18.2. The molecule has 0 spiro atoms. The fourth-order valence-electron chi connectivity index (χ4n) is 3.26. The summed E-state index contributed by atoms with van der Waals surface area (Å²) < 4.78 is 6.98. The maximum atomic E-state index is 13.2. The quantitative estimate of drug-likeness (QED) is 0.490. The molecule has 0 bridgehead atoms. The van der Waals surface area contributed by atoms with Gasteiger partial charge in [-0.1, -0.05) is 56.3 Å². The molecule has 0 aliphatic heterocycles. The highest BCUT2D eigenvalue weighted by atomic mass is 16.5. The van der Waals surface area contributed by atoms with Crippen molar-refractivity contribution in [1.82, 2.24) is 19.9 Å². The monoisotopic (exact) mass is 414 g/mol. The summed E-state index contributed by atoms with van der Waals surface area (Å²) in [6.45, 7) is 6.16. The molecule has 4 rings (SSSR count). The number of amides is 1. The third kappa shape index (κ3) is 4.28. The Bertz CT molecular complexity index is 1210. The van der Waals surface area contributed by atoms with Crippen LogP contribution in [0, 0.1) is 5.92 Å². The lowest BCUT2D eigenvalue weighted by Gasteiger charge is -2.18. The number of rotatable bonds is 6. The van der Waals surface area contributed by atoms with Gasteiger partial charge in [-0.15, -0.1) is 0 Å². The molecule has 6 nitrogen and oxygen atoms in total. The van der Waals surface area contributed by atoms with E-state index in [-0.39, 0.29) is 11.9 Å². The third-order valence-electron chi connectivity index (χ3n) is 5.45. The van der Waals surface area contributed by atoms with Gasteiger partial charge in [0.05, 0.1) is 18.5 Å². The lowest BCUT2D eigenvalue weighted by molar-refractivity contribution is 0.0923. The van der Waals surface area contributed by atoms with Gasteiger partial charge in [-0.3, -0.25) is 4.79 Å². The molecule has 4 aromatic rings. The maximum absolute atomic E-state index is 13.2. The SMILES string of the molecule is COc1cccc(-c2cc(C(=O)NC(C)C(C)C)n3nc(-c4ccccc4)cc3n2)c1. The highest BCUT2D eigenvalue weighted by Crippen LogP contribution is 2.26. The van der Waals surface area contributed by atoms with Crippen molar-refractivity contribution in [2.24, 2.45) is 5.92 Å². The topological polar surface area (TPSA) is 68.5 Å². The van der Waals surface area contributed by atoms with E-state index in [4.69, 9.17) is 14.8 Å². The third-order valence-corrected chi connectivity index (χ3v) is 5.45. The number of carbonyl (C=O) groups is 1. The minimum Gasteiger partial charge on any atom is -0.497 e. The lowest BCUT2D eigenvalue weighted by atomic mass is 10.1. The molecule has 31 heavy (non-hydrogen) atoms. The number of benzene rings is 2. The van der Waals surface area contributed by atoms with Gasteiger partial charge in [0.15, 0.2) is 5.65 Å². The second-order valence-corrected chi connectivity index (χ2v) is 7.93. The van der Waals surface area contributed by atoms with E-state index in [1.807, 2.05) is 67.6 Å². The molecule has 1 N–H and O–H groups in total. The highest BCUT2D eigenvalue weighted by Gasteiger charge is 2.19.